The van der Waals surface area contributed by atoms with Crippen molar-refractivity contribution in [1.82, 2.24) is 0 Å². The van der Waals surface area contributed by atoms with E-state index in [-0.39, 0.29) is 19.5 Å². The first-order chi connectivity index (χ1) is 3.46. The van der Waals surface area contributed by atoms with E-state index in [1.807, 2.05) is 0 Å². The quantitative estimate of drug-likeness (QED) is 0.335. The molecule has 0 aliphatic rings. The maximum Gasteiger partial charge on any atom is 2.00 e. The molecule has 0 heterocycles. The molecule has 9 heteroatoms. The zero-order valence-electron chi connectivity index (χ0n) is 4.10. The average molecular weight is 224 g/mol. The molecule has 0 unspecified atom stereocenters. The van der Waals surface area contributed by atoms with Crippen molar-refractivity contribution in [2.45, 2.75) is 0 Å². The normalized spacial score (nSPS) is 5.56. The van der Waals surface area contributed by atoms with Crippen LogP contribution in [0.5, 0.6) is 0 Å². The summed E-state index contributed by atoms with van der Waals surface area (Å²) in [7, 11) is -7.76. The van der Waals surface area contributed by atoms with Crippen molar-refractivity contribution in [2.24, 2.45) is 0 Å². The second-order valence-corrected chi connectivity index (χ2v) is 1.43. The molecule has 0 aromatic carbocycles. The molecule has 0 amide bonds. The summed E-state index contributed by atoms with van der Waals surface area (Å²) in [6.45, 7) is 0. The zero-order valence-corrected chi connectivity index (χ0v) is 9.06. The third kappa shape index (κ3) is 22100. The molecule has 4 nitrogen and oxygen atoms in total. The number of hydrogen-bond acceptors (Lipinski definition) is 4. The van der Waals surface area contributed by atoms with E-state index in [2.05, 4.69) is 0 Å². The Kier molecular flexibility index (Phi) is 19.6. The summed E-state index contributed by atoms with van der Waals surface area (Å²) in [4.78, 5) is 16.8. The molecule has 0 saturated carbocycles. The summed E-state index contributed by atoms with van der Waals surface area (Å²) >= 11 is 0. The van der Waals surface area contributed by atoms with Gasteiger partial charge < -0.3 is 18.5 Å². The van der Waals surface area contributed by atoms with Gasteiger partial charge >= 0.3 is 38.0 Å². The second kappa shape index (κ2) is 11.0. The van der Waals surface area contributed by atoms with Gasteiger partial charge in [0.1, 0.15) is 0 Å². The van der Waals surface area contributed by atoms with E-state index in [1.54, 1.807) is 0 Å². The van der Waals surface area contributed by atoms with Gasteiger partial charge in [-0.2, -0.15) is 0 Å². The van der Waals surface area contributed by atoms with E-state index in [0.717, 1.165) is 0 Å². The van der Waals surface area contributed by atoms with Crippen LogP contribution >= 0.6 is 0 Å². The number of halogens is 2. The van der Waals surface area contributed by atoms with Gasteiger partial charge in [0, 0.05) is 0 Å². The van der Waals surface area contributed by atoms with E-state index in [1.165, 1.54) is 0 Å². The molecular weight excluding hydrogens is 224 g/mol. The molecule has 0 radical (unpaired) electrons. The molecule has 0 spiro atoms. The summed E-state index contributed by atoms with van der Waals surface area (Å²) in [5.41, 5.74) is 0. The van der Waals surface area contributed by atoms with Crippen molar-refractivity contribution in [3.8, 4) is 0 Å². The predicted molar refractivity (Wildman–Crippen MR) is 15.1 cm³/mol. The first kappa shape index (κ1) is 16.1. The van der Waals surface area contributed by atoms with Crippen LogP contribution in [-0.4, -0.2) is 18.5 Å². The van der Waals surface area contributed by atoms with Crippen molar-refractivity contribution in [3.63, 3.8) is 0 Å². The first-order valence-corrected chi connectivity index (χ1v) is 3.58. The molecule has 0 atom stereocenters. The van der Waals surface area contributed by atoms with Crippen molar-refractivity contribution < 1.29 is 46.2 Å². The van der Waals surface area contributed by atoms with Crippen LogP contribution in [0, 0.1) is 0 Å². The summed E-state index contributed by atoms with van der Waals surface area (Å²) in [6.07, 6.45) is 0. The van der Waals surface area contributed by atoms with Gasteiger partial charge in [0.15, 0.2) is 0 Å². The fourth-order valence-corrected chi connectivity index (χ4v) is 0. The molecule has 0 bridgehead atoms. The number of rotatable bonds is 0. The Morgan fingerprint density at radius 1 is 1.00 bits per heavy atom. The predicted octanol–water partition coefficient (Wildman–Crippen LogP) is -2.54. The fraction of sp³-hybridized carbons (Fsp3) is 0. The minimum absolute atomic E-state index is 0. The van der Waals surface area contributed by atoms with Gasteiger partial charge in [-0.25, -0.2) is 0 Å². The molecule has 0 aromatic heterocycles. The topological polar surface area (TPSA) is 80.3 Å². The van der Waals surface area contributed by atoms with E-state index in [4.69, 9.17) is 18.5 Å². The van der Waals surface area contributed by atoms with Crippen LogP contribution in [0.3, 0.4) is 0 Å². The Bertz CT molecular complexity index is 74.6. The van der Waals surface area contributed by atoms with Crippen LogP contribution in [0.25, 0.3) is 0 Å². The Morgan fingerprint density at radius 3 is 1.00 bits per heavy atom. The molecule has 48 valence electrons. The van der Waals surface area contributed by atoms with Gasteiger partial charge in [0.2, 0.25) is 0 Å². The standard InChI is InChI=1S/2FO2Si.Zn/c2*1-4(2)3;/q2*-1;+2. The summed E-state index contributed by atoms with van der Waals surface area (Å²) in [5.74, 6) is 0. The molecule has 0 aliphatic carbocycles. The maximum atomic E-state index is 9.99. The average Bonchev–Trinajstić information content (AvgIpc) is 1.25. The third-order valence-electron chi connectivity index (χ3n) is 0. The van der Waals surface area contributed by atoms with Crippen LogP contribution in [0.4, 0.5) is 8.22 Å². The van der Waals surface area contributed by atoms with E-state index in [0.29, 0.717) is 0 Å². The van der Waals surface area contributed by atoms with Crippen LogP contribution in [0.15, 0.2) is 0 Å². The van der Waals surface area contributed by atoms with Gasteiger partial charge in [-0.15, -0.1) is 0 Å². The van der Waals surface area contributed by atoms with Crippen molar-refractivity contribution in [2.75, 3.05) is 0 Å². The monoisotopic (exact) mass is 222 g/mol. The minimum Gasteiger partial charge on any atom is -0.560 e. The number of hydrogen-bond donors (Lipinski definition) is 0. The van der Waals surface area contributed by atoms with Gasteiger partial charge in [-0.05, 0) is 0 Å². The van der Waals surface area contributed by atoms with Crippen LogP contribution < -0.4 is 9.59 Å². The molecule has 0 aromatic rings. The summed E-state index contributed by atoms with van der Waals surface area (Å²) in [6, 6.07) is 0. The van der Waals surface area contributed by atoms with Crippen LogP contribution in [0.1, 0.15) is 0 Å². The van der Waals surface area contributed by atoms with E-state index >= 15 is 0 Å². The van der Waals surface area contributed by atoms with Gasteiger partial charge in [-0.3, -0.25) is 8.22 Å². The SMILES string of the molecule is O=[Si]([O-])F.O=[Si]([O-])F.[Zn+2]. The molecule has 9 heavy (non-hydrogen) atoms. The largest absolute Gasteiger partial charge is 2.00 e. The Balaban J connectivity index is -0.0000000720. The molecule has 0 fully saturated rings. The van der Waals surface area contributed by atoms with Crippen molar-refractivity contribution in [1.29, 1.82) is 0 Å². The molecular formula is F2O4Si2Zn. The fourth-order valence-electron chi connectivity index (χ4n) is 0. The van der Waals surface area contributed by atoms with E-state index < -0.39 is 18.5 Å². The summed E-state index contributed by atoms with van der Waals surface area (Å²) in [5, 5.41) is 0. The van der Waals surface area contributed by atoms with Crippen molar-refractivity contribution >= 4 is 18.5 Å². The summed E-state index contributed by atoms with van der Waals surface area (Å²) < 4.78 is 36.8. The third-order valence-corrected chi connectivity index (χ3v) is 0. The smallest absolute Gasteiger partial charge is 0.560 e. The van der Waals surface area contributed by atoms with Gasteiger partial charge in [-0.1, -0.05) is 0 Å². The van der Waals surface area contributed by atoms with Crippen LogP contribution in [-0.2, 0) is 28.4 Å². The molecule has 0 N–H and O–H groups in total. The zero-order chi connectivity index (χ0) is 7.15. The molecule has 0 aliphatic heterocycles. The molecule has 0 rings (SSSR count). The Morgan fingerprint density at radius 2 is 1.00 bits per heavy atom. The van der Waals surface area contributed by atoms with Crippen molar-refractivity contribution in [3.05, 3.63) is 0 Å². The van der Waals surface area contributed by atoms with Gasteiger partial charge in [0.25, 0.3) is 0 Å². The molecule has 0 saturated heterocycles. The maximum absolute atomic E-state index is 9.99. The van der Waals surface area contributed by atoms with Crippen LogP contribution in [0.2, 0.25) is 0 Å². The first-order valence-electron chi connectivity index (χ1n) is 1.19. The Hall–Kier alpha value is 0.117. The van der Waals surface area contributed by atoms with Gasteiger partial charge in [0.05, 0.1) is 0 Å². The van der Waals surface area contributed by atoms with E-state index in [9.17, 15) is 8.22 Å². The minimum atomic E-state index is -3.88. The Labute approximate surface area is 65.2 Å². The second-order valence-electron chi connectivity index (χ2n) is 0.475.